The van der Waals surface area contributed by atoms with Crippen LogP contribution in [0.5, 0.6) is 5.75 Å². The predicted octanol–water partition coefficient (Wildman–Crippen LogP) is 1.72. The second kappa shape index (κ2) is 10.2. The van der Waals surface area contributed by atoms with Gasteiger partial charge in [0.25, 0.3) is 0 Å². The molecule has 0 aliphatic carbocycles. The lowest BCUT2D eigenvalue weighted by molar-refractivity contribution is -0.123. The Morgan fingerprint density at radius 1 is 1.27 bits per heavy atom. The number of rotatable bonds is 9. The van der Waals surface area contributed by atoms with Crippen molar-refractivity contribution in [3.63, 3.8) is 0 Å². The smallest absolute Gasteiger partial charge is 0.220 e. The van der Waals surface area contributed by atoms with Crippen molar-refractivity contribution in [1.82, 2.24) is 10.2 Å². The van der Waals surface area contributed by atoms with Crippen molar-refractivity contribution >= 4 is 11.8 Å². The van der Waals surface area contributed by atoms with Crippen molar-refractivity contribution in [1.29, 1.82) is 0 Å². The van der Waals surface area contributed by atoms with Crippen molar-refractivity contribution in [2.24, 2.45) is 11.7 Å². The Labute approximate surface area is 156 Å². The van der Waals surface area contributed by atoms with Gasteiger partial charge in [0.15, 0.2) is 0 Å². The van der Waals surface area contributed by atoms with Crippen LogP contribution < -0.4 is 15.8 Å². The first-order valence-corrected chi connectivity index (χ1v) is 9.42. The average molecular weight is 361 g/mol. The summed E-state index contributed by atoms with van der Waals surface area (Å²) in [7, 11) is 1.68. The van der Waals surface area contributed by atoms with Gasteiger partial charge < -0.3 is 20.7 Å². The average Bonchev–Trinajstić information content (AvgIpc) is 2.65. The summed E-state index contributed by atoms with van der Waals surface area (Å²) >= 11 is 0. The van der Waals surface area contributed by atoms with Gasteiger partial charge in [0.1, 0.15) is 5.75 Å². The number of nitrogens with two attached hydrogens (primary N) is 1. The summed E-state index contributed by atoms with van der Waals surface area (Å²) in [6, 6.07) is 8.45. The largest absolute Gasteiger partial charge is 0.497 e. The molecule has 0 unspecified atom stereocenters. The van der Waals surface area contributed by atoms with E-state index in [2.05, 4.69) is 22.3 Å². The number of likely N-dealkylation sites (tertiary alicyclic amines) is 1. The number of benzene rings is 1. The molecule has 1 fully saturated rings. The lowest BCUT2D eigenvalue weighted by atomic mass is 10.0. The minimum absolute atomic E-state index is 0.0229. The molecule has 1 atom stereocenters. The second-order valence-electron chi connectivity index (χ2n) is 7.12. The van der Waals surface area contributed by atoms with Gasteiger partial charge in [-0.05, 0) is 43.4 Å². The molecule has 0 aromatic heterocycles. The second-order valence-corrected chi connectivity index (χ2v) is 7.12. The molecule has 0 radical (unpaired) electrons. The molecule has 2 rings (SSSR count). The van der Waals surface area contributed by atoms with E-state index >= 15 is 0 Å². The lowest BCUT2D eigenvalue weighted by Crippen LogP contribution is -2.45. The van der Waals surface area contributed by atoms with E-state index in [1.54, 1.807) is 14.0 Å². The van der Waals surface area contributed by atoms with Gasteiger partial charge in [-0.25, -0.2) is 0 Å². The summed E-state index contributed by atoms with van der Waals surface area (Å²) in [6.07, 6.45) is 3.84. The van der Waals surface area contributed by atoms with Crippen LogP contribution in [0.25, 0.3) is 0 Å². The van der Waals surface area contributed by atoms with Gasteiger partial charge in [0.2, 0.25) is 11.8 Å². The molecule has 26 heavy (non-hydrogen) atoms. The molecule has 1 aliphatic rings. The van der Waals surface area contributed by atoms with Crippen LogP contribution in [0.15, 0.2) is 24.3 Å². The van der Waals surface area contributed by atoms with Crippen molar-refractivity contribution in [3.05, 3.63) is 29.8 Å². The van der Waals surface area contributed by atoms with Crippen molar-refractivity contribution < 1.29 is 14.3 Å². The Bertz CT molecular complexity index is 580. The topological polar surface area (TPSA) is 84.7 Å². The molecule has 0 bridgehead atoms. The zero-order valence-corrected chi connectivity index (χ0v) is 15.9. The number of carbonyl (C=O) groups is 2. The Morgan fingerprint density at radius 3 is 2.50 bits per heavy atom. The third-order valence-electron chi connectivity index (χ3n) is 5.12. The van der Waals surface area contributed by atoms with Gasteiger partial charge in [-0.1, -0.05) is 19.1 Å². The molecule has 3 N–H and O–H groups in total. The monoisotopic (exact) mass is 361 g/mol. The van der Waals surface area contributed by atoms with Crippen molar-refractivity contribution in [2.75, 3.05) is 26.7 Å². The maximum atomic E-state index is 12.0. The van der Waals surface area contributed by atoms with E-state index in [-0.39, 0.29) is 23.8 Å². The molecule has 1 heterocycles. The minimum Gasteiger partial charge on any atom is -0.497 e. The van der Waals surface area contributed by atoms with Crippen LogP contribution in [0, 0.1) is 5.92 Å². The number of nitrogens with zero attached hydrogens (tertiary/aromatic N) is 1. The Balaban J connectivity index is 1.63. The van der Waals surface area contributed by atoms with E-state index in [9.17, 15) is 9.59 Å². The summed E-state index contributed by atoms with van der Waals surface area (Å²) in [5.74, 6) is 0.314. The molecule has 1 aliphatic heterocycles. The first kappa shape index (κ1) is 20.2. The Morgan fingerprint density at radius 2 is 1.92 bits per heavy atom. The summed E-state index contributed by atoms with van der Waals surface area (Å²) in [4.78, 5) is 25.5. The van der Waals surface area contributed by atoms with Crippen LogP contribution >= 0.6 is 0 Å². The SMILES string of the molecule is COc1ccc(CCN2CCC(NC(=O)CC[C@H](C)C(N)=O)CC2)cc1. The first-order chi connectivity index (χ1) is 12.5. The summed E-state index contributed by atoms with van der Waals surface area (Å²) in [5, 5.41) is 3.09. The van der Waals surface area contributed by atoms with E-state index in [1.165, 1.54) is 5.56 Å². The molecule has 0 spiro atoms. The number of primary amides is 1. The number of hydrogen-bond acceptors (Lipinski definition) is 4. The molecule has 6 heteroatoms. The fourth-order valence-corrected chi connectivity index (χ4v) is 3.17. The normalized spacial score (nSPS) is 16.8. The number of ether oxygens (including phenoxy) is 1. The molecule has 0 saturated carbocycles. The number of carbonyl (C=O) groups excluding carboxylic acids is 2. The molecule has 144 valence electrons. The van der Waals surface area contributed by atoms with E-state index in [4.69, 9.17) is 10.5 Å². The van der Waals surface area contributed by atoms with E-state index in [0.29, 0.717) is 12.8 Å². The zero-order chi connectivity index (χ0) is 18.9. The van der Waals surface area contributed by atoms with Crippen LogP contribution in [-0.2, 0) is 16.0 Å². The van der Waals surface area contributed by atoms with Gasteiger partial charge >= 0.3 is 0 Å². The highest BCUT2D eigenvalue weighted by Gasteiger charge is 2.21. The standard InChI is InChI=1S/C20H31N3O3/c1-15(20(21)25)3-8-19(24)22-17-10-13-23(14-11-17)12-9-16-4-6-18(26-2)7-5-16/h4-7,15,17H,3,8-14H2,1-2H3,(H2,21,25)(H,22,24)/t15-/m0/s1. The molecule has 6 nitrogen and oxygen atoms in total. The van der Waals surface area contributed by atoms with Gasteiger partial charge in [-0.15, -0.1) is 0 Å². The number of amides is 2. The number of methoxy groups -OCH3 is 1. The summed E-state index contributed by atoms with van der Waals surface area (Å²) < 4.78 is 5.18. The van der Waals surface area contributed by atoms with Crippen molar-refractivity contribution in [3.8, 4) is 5.75 Å². The zero-order valence-electron chi connectivity index (χ0n) is 15.9. The van der Waals surface area contributed by atoms with Gasteiger partial charge in [-0.2, -0.15) is 0 Å². The highest BCUT2D eigenvalue weighted by Crippen LogP contribution is 2.15. The quantitative estimate of drug-likeness (QED) is 0.701. The molecular weight excluding hydrogens is 330 g/mol. The summed E-state index contributed by atoms with van der Waals surface area (Å²) in [6.45, 7) is 4.79. The van der Waals surface area contributed by atoms with Crippen LogP contribution in [0.3, 0.4) is 0 Å². The Kier molecular flexibility index (Phi) is 7.91. The van der Waals surface area contributed by atoms with Crippen LogP contribution in [0.1, 0.15) is 38.2 Å². The third-order valence-corrected chi connectivity index (χ3v) is 5.12. The Hall–Kier alpha value is -2.08. The number of hydrogen-bond donors (Lipinski definition) is 2. The fourth-order valence-electron chi connectivity index (χ4n) is 3.17. The molecule has 1 saturated heterocycles. The molecule has 1 aromatic rings. The first-order valence-electron chi connectivity index (χ1n) is 9.42. The van der Waals surface area contributed by atoms with Gasteiger partial charge in [0.05, 0.1) is 7.11 Å². The van der Waals surface area contributed by atoms with E-state index < -0.39 is 0 Å². The maximum Gasteiger partial charge on any atom is 0.220 e. The maximum absolute atomic E-state index is 12.0. The van der Waals surface area contributed by atoms with Crippen molar-refractivity contribution in [2.45, 2.75) is 45.1 Å². The van der Waals surface area contributed by atoms with E-state index in [1.807, 2.05) is 12.1 Å². The summed E-state index contributed by atoms with van der Waals surface area (Å²) in [5.41, 5.74) is 6.53. The lowest BCUT2D eigenvalue weighted by Gasteiger charge is -2.32. The van der Waals surface area contributed by atoms with E-state index in [0.717, 1.165) is 44.6 Å². The van der Waals surface area contributed by atoms with Crippen LogP contribution in [-0.4, -0.2) is 49.5 Å². The van der Waals surface area contributed by atoms with Crippen LogP contribution in [0.2, 0.25) is 0 Å². The van der Waals surface area contributed by atoms with Gasteiger partial charge in [0, 0.05) is 38.0 Å². The molecular formula is C20H31N3O3. The third kappa shape index (κ3) is 6.67. The highest BCUT2D eigenvalue weighted by atomic mass is 16.5. The minimum atomic E-state index is -0.344. The van der Waals surface area contributed by atoms with Gasteiger partial charge in [-0.3, -0.25) is 9.59 Å². The molecule has 1 aromatic carbocycles. The number of nitrogens with one attached hydrogen (secondary N) is 1. The molecule has 2 amide bonds. The number of piperidine rings is 1. The predicted molar refractivity (Wildman–Crippen MR) is 102 cm³/mol. The highest BCUT2D eigenvalue weighted by molar-refractivity contribution is 5.79. The van der Waals surface area contributed by atoms with Crippen LogP contribution in [0.4, 0.5) is 0 Å². The fraction of sp³-hybridized carbons (Fsp3) is 0.600.